The van der Waals surface area contributed by atoms with Crippen molar-refractivity contribution >= 4 is 17.5 Å². The summed E-state index contributed by atoms with van der Waals surface area (Å²) in [5, 5.41) is 0.710. The fraction of sp³-hybridized carbons (Fsp3) is 0.316. The molecule has 0 radical (unpaired) electrons. The average molecular weight is 332 g/mol. The standard InChI is InChI=1S/C19H19ClFNO/c20-17-8-2-1-7-16(17)18-9-4-12-22(18)19(23)11-10-14-5-3-6-15(21)13-14/h1-3,5-8,13,18H,4,9-12H2. The molecule has 0 aliphatic carbocycles. The molecule has 0 saturated carbocycles. The molecule has 1 aliphatic heterocycles. The van der Waals surface area contributed by atoms with Crippen LogP contribution in [-0.4, -0.2) is 17.4 Å². The van der Waals surface area contributed by atoms with Crippen LogP contribution in [0.4, 0.5) is 4.39 Å². The van der Waals surface area contributed by atoms with Crippen LogP contribution in [0.2, 0.25) is 5.02 Å². The van der Waals surface area contributed by atoms with Gasteiger partial charge >= 0.3 is 0 Å². The van der Waals surface area contributed by atoms with Crippen LogP contribution in [0.1, 0.15) is 36.4 Å². The molecule has 4 heteroatoms. The van der Waals surface area contributed by atoms with Crippen molar-refractivity contribution in [1.29, 1.82) is 0 Å². The molecule has 120 valence electrons. The first-order valence-corrected chi connectivity index (χ1v) is 8.31. The Bertz CT molecular complexity index is 703. The van der Waals surface area contributed by atoms with E-state index in [1.807, 2.05) is 35.2 Å². The Balaban J connectivity index is 1.68. The second-order valence-electron chi connectivity index (χ2n) is 5.90. The number of hydrogen-bond donors (Lipinski definition) is 0. The van der Waals surface area contributed by atoms with Crippen molar-refractivity contribution in [2.75, 3.05) is 6.54 Å². The summed E-state index contributed by atoms with van der Waals surface area (Å²) in [6, 6.07) is 14.2. The number of aryl methyl sites for hydroxylation is 1. The number of carbonyl (C=O) groups is 1. The van der Waals surface area contributed by atoms with Gasteiger partial charge < -0.3 is 4.90 Å². The van der Waals surface area contributed by atoms with Crippen LogP contribution in [-0.2, 0) is 11.2 Å². The summed E-state index contributed by atoms with van der Waals surface area (Å²) >= 11 is 6.29. The molecule has 1 aliphatic rings. The molecule has 0 aromatic heterocycles. The predicted molar refractivity (Wildman–Crippen MR) is 89.9 cm³/mol. The van der Waals surface area contributed by atoms with E-state index >= 15 is 0 Å². The Labute approximate surface area is 140 Å². The van der Waals surface area contributed by atoms with Crippen LogP contribution in [0.5, 0.6) is 0 Å². The first-order chi connectivity index (χ1) is 11.1. The number of halogens is 2. The zero-order valence-corrected chi connectivity index (χ0v) is 13.6. The van der Waals surface area contributed by atoms with Gasteiger partial charge in [0.25, 0.3) is 0 Å². The van der Waals surface area contributed by atoms with Crippen LogP contribution in [0.15, 0.2) is 48.5 Å². The summed E-state index contributed by atoms with van der Waals surface area (Å²) in [5.41, 5.74) is 1.87. The van der Waals surface area contributed by atoms with Gasteiger partial charge in [-0.25, -0.2) is 4.39 Å². The normalized spacial score (nSPS) is 17.5. The highest BCUT2D eigenvalue weighted by molar-refractivity contribution is 6.31. The van der Waals surface area contributed by atoms with Gasteiger partial charge in [-0.15, -0.1) is 0 Å². The number of amides is 1. The first kappa shape index (κ1) is 16.0. The molecule has 23 heavy (non-hydrogen) atoms. The van der Waals surface area contributed by atoms with Crippen molar-refractivity contribution in [3.63, 3.8) is 0 Å². The summed E-state index contributed by atoms with van der Waals surface area (Å²) in [4.78, 5) is 14.5. The van der Waals surface area contributed by atoms with Crippen LogP contribution in [0.25, 0.3) is 0 Å². The largest absolute Gasteiger partial charge is 0.336 e. The molecule has 0 spiro atoms. The summed E-state index contributed by atoms with van der Waals surface area (Å²) in [6.45, 7) is 0.762. The van der Waals surface area contributed by atoms with E-state index in [2.05, 4.69) is 0 Å². The molecule has 3 rings (SSSR count). The maximum Gasteiger partial charge on any atom is 0.223 e. The first-order valence-electron chi connectivity index (χ1n) is 7.93. The van der Waals surface area contributed by atoms with Gasteiger partial charge in [0.15, 0.2) is 0 Å². The lowest BCUT2D eigenvalue weighted by Gasteiger charge is -2.26. The van der Waals surface area contributed by atoms with Gasteiger partial charge in [0, 0.05) is 18.0 Å². The number of rotatable bonds is 4. The topological polar surface area (TPSA) is 20.3 Å². The van der Waals surface area contributed by atoms with Gasteiger partial charge in [-0.3, -0.25) is 4.79 Å². The quantitative estimate of drug-likeness (QED) is 0.789. The van der Waals surface area contributed by atoms with Crippen LogP contribution >= 0.6 is 11.6 Å². The third kappa shape index (κ3) is 3.73. The fourth-order valence-electron chi connectivity index (χ4n) is 3.22. The summed E-state index contributed by atoms with van der Waals surface area (Å²) in [5.74, 6) is -0.151. The number of benzene rings is 2. The molecule has 2 aromatic rings. The van der Waals surface area contributed by atoms with E-state index in [1.165, 1.54) is 12.1 Å². The number of nitrogens with zero attached hydrogens (tertiary/aromatic N) is 1. The Hall–Kier alpha value is -1.87. The maximum absolute atomic E-state index is 13.2. The smallest absolute Gasteiger partial charge is 0.223 e. The van der Waals surface area contributed by atoms with Gasteiger partial charge in [0.2, 0.25) is 5.91 Å². The SMILES string of the molecule is O=C(CCc1cccc(F)c1)N1CCCC1c1ccccc1Cl. The van der Waals surface area contributed by atoms with Crippen LogP contribution < -0.4 is 0 Å². The highest BCUT2D eigenvalue weighted by atomic mass is 35.5. The number of hydrogen-bond acceptors (Lipinski definition) is 1. The molecule has 1 saturated heterocycles. The van der Waals surface area contributed by atoms with Gasteiger partial charge in [0.05, 0.1) is 6.04 Å². The molecule has 1 unspecified atom stereocenters. The van der Waals surface area contributed by atoms with Crippen LogP contribution in [0, 0.1) is 5.82 Å². The molecule has 1 heterocycles. The Morgan fingerprint density at radius 1 is 1.22 bits per heavy atom. The van der Waals surface area contributed by atoms with E-state index in [0.29, 0.717) is 17.9 Å². The number of likely N-dealkylation sites (tertiary alicyclic amines) is 1. The lowest BCUT2D eigenvalue weighted by molar-refractivity contribution is -0.132. The van der Waals surface area contributed by atoms with E-state index < -0.39 is 0 Å². The summed E-state index contributed by atoms with van der Waals surface area (Å²) in [7, 11) is 0. The van der Waals surface area contributed by atoms with Crippen molar-refractivity contribution in [2.24, 2.45) is 0 Å². The molecule has 1 atom stereocenters. The van der Waals surface area contributed by atoms with Gasteiger partial charge in [0.1, 0.15) is 5.82 Å². The van der Waals surface area contributed by atoms with Crippen molar-refractivity contribution in [3.05, 3.63) is 70.5 Å². The monoisotopic (exact) mass is 331 g/mol. The van der Waals surface area contributed by atoms with Gasteiger partial charge in [-0.1, -0.05) is 41.9 Å². The molecular formula is C19H19ClFNO. The van der Waals surface area contributed by atoms with Crippen molar-refractivity contribution in [1.82, 2.24) is 4.90 Å². The molecule has 1 fully saturated rings. The molecule has 1 amide bonds. The lowest BCUT2D eigenvalue weighted by atomic mass is 10.0. The molecule has 0 bridgehead atoms. The third-order valence-electron chi connectivity index (χ3n) is 4.35. The summed E-state index contributed by atoms with van der Waals surface area (Å²) in [6.07, 6.45) is 2.88. The van der Waals surface area contributed by atoms with Crippen molar-refractivity contribution in [3.8, 4) is 0 Å². The second-order valence-corrected chi connectivity index (χ2v) is 6.30. The molecular weight excluding hydrogens is 313 g/mol. The van der Waals surface area contributed by atoms with E-state index in [-0.39, 0.29) is 17.8 Å². The predicted octanol–water partition coefficient (Wildman–Crippen LogP) is 4.78. The van der Waals surface area contributed by atoms with E-state index in [0.717, 1.165) is 30.5 Å². The highest BCUT2D eigenvalue weighted by Crippen LogP contribution is 2.36. The maximum atomic E-state index is 13.2. The van der Waals surface area contributed by atoms with E-state index in [9.17, 15) is 9.18 Å². The zero-order chi connectivity index (χ0) is 16.2. The zero-order valence-electron chi connectivity index (χ0n) is 12.8. The Kier molecular flexibility index (Phi) is 4.97. The Morgan fingerprint density at radius 3 is 2.83 bits per heavy atom. The molecule has 0 N–H and O–H groups in total. The minimum absolute atomic E-state index is 0.0590. The van der Waals surface area contributed by atoms with Crippen molar-refractivity contribution in [2.45, 2.75) is 31.7 Å². The average Bonchev–Trinajstić information content (AvgIpc) is 3.02. The minimum atomic E-state index is -0.259. The third-order valence-corrected chi connectivity index (χ3v) is 4.70. The molecule has 2 aromatic carbocycles. The second kappa shape index (κ2) is 7.14. The van der Waals surface area contributed by atoms with Crippen LogP contribution in [0.3, 0.4) is 0 Å². The van der Waals surface area contributed by atoms with Gasteiger partial charge in [-0.2, -0.15) is 0 Å². The highest BCUT2D eigenvalue weighted by Gasteiger charge is 2.30. The minimum Gasteiger partial charge on any atom is -0.336 e. The van der Waals surface area contributed by atoms with E-state index in [4.69, 9.17) is 11.6 Å². The number of carbonyl (C=O) groups excluding carboxylic acids is 1. The van der Waals surface area contributed by atoms with Gasteiger partial charge in [-0.05, 0) is 48.6 Å². The van der Waals surface area contributed by atoms with Crippen molar-refractivity contribution < 1.29 is 9.18 Å². The Morgan fingerprint density at radius 2 is 2.04 bits per heavy atom. The summed E-state index contributed by atoms with van der Waals surface area (Å²) < 4.78 is 13.2. The van der Waals surface area contributed by atoms with E-state index in [1.54, 1.807) is 6.07 Å². The lowest BCUT2D eigenvalue weighted by Crippen LogP contribution is -2.30. The molecule has 2 nitrogen and oxygen atoms in total. The fourth-order valence-corrected chi connectivity index (χ4v) is 3.48.